The number of hydrogen-bond donors (Lipinski definition) is 0. The van der Waals surface area contributed by atoms with E-state index in [-0.39, 0.29) is 21.9 Å². The molecule has 2 aromatic rings. The second kappa shape index (κ2) is 5.44. The first-order valence-corrected chi connectivity index (χ1v) is 7.89. The molecule has 21 heavy (non-hydrogen) atoms. The van der Waals surface area contributed by atoms with Crippen LogP contribution in [0.4, 0.5) is 4.39 Å². The Morgan fingerprint density at radius 2 is 1.81 bits per heavy atom. The number of hydrogen-bond acceptors (Lipinski definition) is 1. The number of fused-ring (bicyclic) bond motifs is 1. The van der Waals surface area contributed by atoms with Crippen LogP contribution in [0, 0.1) is 11.2 Å². The van der Waals surface area contributed by atoms with Crippen LogP contribution in [0.2, 0.25) is 5.02 Å². The van der Waals surface area contributed by atoms with Gasteiger partial charge in [-0.3, -0.25) is 0 Å². The number of imidazole rings is 1. The molecule has 0 saturated carbocycles. The standard InChI is InChI=1S/C16H21Cl2FN2/c1-15(2,3)9-16(4,5)21-13-7-11(19)10(18)6-12(13)20-14(21)8-17/h6-7H,8-9H2,1-5H3. The van der Waals surface area contributed by atoms with E-state index >= 15 is 0 Å². The fourth-order valence-corrected chi connectivity index (χ4v) is 3.60. The molecule has 1 aromatic carbocycles. The molecule has 116 valence electrons. The predicted octanol–water partition coefficient (Wildman–Crippen LogP) is 5.74. The summed E-state index contributed by atoms with van der Waals surface area (Å²) in [7, 11) is 0. The molecule has 0 aliphatic rings. The Morgan fingerprint density at radius 1 is 1.19 bits per heavy atom. The van der Waals surface area contributed by atoms with Gasteiger partial charge in [0.1, 0.15) is 11.6 Å². The molecule has 2 nitrogen and oxygen atoms in total. The number of alkyl halides is 1. The predicted molar refractivity (Wildman–Crippen MR) is 87.7 cm³/mol. The van der Waals surface area contributed by atoms with Crippen LogP contribution < -0.4 is 0 Å². The highest BCUT2D eigenvalue weighted by atomic mass is 35.5. The number of benzene rings is 1. The minimum atomic E-state index is -0.432. The molecule has 0 atom stereocenters. The van der Waals surface area contributed by atoms with Crippen molar-refractivity contribution in [3.8, 4) is 0 Å². The minimum absolute atomic E-state index is 0.0851. The summed E-state index contributed by atoms with van der Waals surface area (Å²) in [4.78, 5) is 4.51. The lowest BCUT2D eigenvalue weighted by Gasteiger charge is -2.35. The third-order valence-electron chi connectivity index (χ3n) is 3.45. The van der Waals surface area contributed by atoms with E-state index in [0.29, 0.717) is 5.52 Å². The third kappa shape index (κ3) is 3.35. The quantitative estimate of drug-likeness (QED) is 0.656. The fourth-order valence-electron chi connectivity index (χ4n) is 3.26. The lowest BCUT2D eigenvalue weighted by molar-refractivity contribution is 0.216. The Labute approximate surface area is 135 Å². The number of aromatic nitrogens is 2. The van der Waals surface area contributed by atoms with Gasteiger partial charge in [-0.1, -0.05) is 32.4 Å². The summed E-state index contributed by atoms with van der Waals surface area (Å²) < 4.78 is 15.9. The first-order valence-electron chi connectivity index (χ1n) is 6.98. The molecule has 0 amide bonds. The van der Waals surface area contributed by atoms with Crippen LogP contribution >= 0.6 is 23.2 Å². The molecule has 0 N–H and O–H groups in total. The van der Waals surface area contributed by atoms with Crippen LogP contribution in [0.3, 0.4) is 0 Å². The largest absolute Gasteiger partial charge is 0.321 e. The molecule has 0 spiro atoms. The topological polar surface area (TPSA) is 17.8 Å². The smallest absolute Gasteiger partial charge is 0.144 e. The summed E-state index contributed by atoms with van der Waals surface area (Å²) in [6.45, 7) is 10.8. The molecule has 5 heteroatoms. The zero-order valence-electron chi connectivity index (χ0n) is 13.1. The summed E-state index contributed by atoms with van der Waals surface area (Å²) in [5.41, 5.74) is 1.33. The highest BCUT2D eigenvalue weighted by Gasteiger charge is 2.31. The van der Waals surface area contributed by atoms with Gasteiger partial charge >= 0.3 is 0 Å². The van der Waals surface area contributed by atoms with E-state index in [1.165, 1.54) is 6.07 Å². The second-order valence-corrected chi connectivity index (χ2v) is 7.98. The van der Waals surface area contributed by atoms with Crippen molar-refractivity contribution < 1.29 is 4.39 Å². The number of halogens is 3. The monoisotopic (exact) mass is 330 g/mol. The summed E-state index contributed by atoms with van der Waals surface area (Å²) in [5.74, 6) is 0.585. The Kier molecular flexibility index (Phi) is 4.29. The maximum absolute atomic E-state index is 13.9. The van der Waals surface area contributed by atoms with Crippen LogP contribution in [0.25, 0.3) is 11.0 Å². The lowest BCUT2D eigenvalue weighted by atomic mass is 9.81. The zero-order chi connectivity index (χ0) is 16.0. The molecule has 0 fully saturated rings. The van der Waals surface area contributed by atoms with E-state index in [0.717, 1.165) is 17.8 Å². The summed E-state index contributed by atoms with van der Waals surface area (Å²) >= 11 is 11.9. The minimum Gasteiger partial charge on any atom is -0.321 e. The zero-order valence-corrected chi connectivity index (χ0v) is 14.6. The van der Waals surface area contributed by atoms with Gasteiger partial charge < -0.3 is 4.57 Å². The van der Waals surface area contributed by atoms with Gasteiger partial charge in [0.25, 0.3) is 0 Å². The average Bonchev–Trinajstić information content (AvgIpc) is 2.65. The molecule has 0 radical (unpaired) electrons. The Morgan fingerprint density at radius 3 is 2.33 bits per heavy atom. The van der Waals surface area contributed by atoms with Gasteiger partial charge in [0.05, 0.1) is 21.9 Å². The van der Waals surface area contributed by atoms with E-state index in [2.05, 4.69) is 39.6 Å². The molecule has 2 rings (SSSR count). The van der Waals surface area contributed by atoms with Gasteiger partial charge in [0.2, 0.25) is 0 Å². The van der Waals surface area contributed by atoms with E-state index in [9.17, 15) is 4.39 Å². The van der Waals surface area contributed by atoms with Crippen molar-refractivity contribution in [3.05, 3.63) is 28.8 Å². The molecule has 0 aliphatic heterocycles. The second-order valence-electron chi connectivity index (χ2n) is 7.30. The fraction of sp³-hybridized carbons (Fsp3) is 0.562. The highest BCUT2D eigenvalue weighted by Crippen LogP contribution is 2.36. The third-order valence-corrected chi connectivity index (χ3v) is 3.98. The molecule has 0 bridgehead atoms. The van der Waals surface area contributed by atoms with Crippen molar-refractivity contribution >= 4 is 34.2 Å². The summed E-state index contributed by atoms with van der Waals surface area (Å²) in [5, 5.41) is 0.0851. The first-order chi connectivity index (χ1) is 9.55. The van der Waals surface area contributed by atoms with Crippen molar-refractivity contribution in [2.75, 3.05) is 0 Å². The molecule has 0 aliphatic carbocycles. The molecule has 0 unspecified atom stereocenters. The van der Waals surface area contributed by atoms with Gasteiger partial charge in [-0.25, -0.2) is 9.37 Å². The molecular weight excluding hydrogens is 310 g/mol. The van der Waals surface area contributed by atoms with Crippen molar-refractivity contribution in [1.29, 1.82) is 0 Å². The van der Waals surface area contributed by atoms with E-state index in [4.69, 9.17) is 23.2 Å². The van der Waals surface area contributed by atoms with E-state index in [1.807, 2.05) is 4.57 Å². The van der Waals surface area contributed by atoms with Crippen molar-refractivity contribution in [2.24, 2.45) is 5.41 Å². The Hall–Kier alpha value is -0.800. The normalized spacial score (nSPS) is 13.1. The van der Waals surface area contributed by atoms with Crippen molar-refractivity contribution in [3.63, 3.8) is 0 Å². The SMILES string of the molecule is CC(C)(C)CC(C)(C)n1c(CCl)nc2cc(Cl)c(F)cc21. The van der Waals surface area contributed by atoms with Gasteiger partial charge in [0, 0.05) is 11.6 Å². The van der Waals surface area contributed by atoms with E-state index < -0.39 is 5.82 Å². The Bertz CT molecular complexity index is 669. The molecular formula is C16H21Cl2FN2. The maximum Gasteiger partial charge on any atom is 0.144 e. The molecule has 1 aromatic heterocycles. The average molecular weight is 331 g/mol. The Balaban J connectivity index is 2.69. The van der Waals surface area contributed by atoms with Gasteiger partial charge in [-0.15, -0.1) is 11.6 Å². The van der Waals surface area contributed by atoms with Crippen molar-refractivity contribution in [2.45, 2.75) is 52.5 Å². The summed E-state index contributed by atoms with van der Waals surface area (Å²) in [6.07, 6.45) is 0.916. The molecule has 0 saturated heterocycles. The van der Waals surface area contributed by atoms with Crippen LogP contribution in [0.1, 0.15) is 46.9 Å². The maximum atomic E-state index is 13.9. The van der Waals surface area contributed by atoms with Crippen LogP contribution in [-0.4, -0.2) is 9.55 Å². The number of rotatable bonds is 3. The van der Waals surface area contributed by atoms with Gasteiger partial charge in [-0.05, 0) is 31.7 Å². The van der Waals surface area contributed by atoms with Gasteiger partial charge in [0.15, 0.2) is 0 Å². The van der Waals surface area contributed by atoms with Crippen LogP contribution in [-0.2, 0) is 11.4 Å². The summed E-state index contributed by atoms with van der Waals surface area (Å²) in [6, 6.07) is 3.01. The van der Waals surface area contributed by atoms with Crippen LogP contribution in [0.15, 0.2) is 12.1 Å². The van der Waals surface area contributed by atoms with Crippen molar-refractivity contribution in [1.82, 2.24) is 9.55 Å². The first kappa shape index (κ1) is 16.6. The molecule has 1 heterocycles. The lowest BCUT2D eigenvalue weighted by Crippen LogP contribution is -2.32. The van der Waals surface area contributed by atoms with Gasteiger partial charge in [-0.2, -0.15) is 0 Å². The highest BCUT2D eigenvalue weighted by molar-refractivity contribution is 6.31. The number of nitrogens with zero attached hydrogens (tertiary/aromatic N) is 2. The van der Waals surface area contributed by atoms with E-state index in [1.54, 1.807) is 6.07 Å². The van der Waals surface area contributed by atoms with Crippen LogP contribution in [0.5, 0.6) is 0 Å².